The van der Waals surface area contributed by atoms with Crippen molar-refractivity contribution in [3.8, 4) is 5.75 Å². The molecule has 0 aliphatic carbocycles. The molecule has 1 aliphatic rings. The molecule has 2 N–H and O–H groups in total. The second-order valence-electron chi connectivity index (χ2n) is 4.25. The zero-order valence-corrected chi connectivity index (χ0v) is 10.8. The van der Waals surface area contributed by atoms with Gasteiger partial charge >= 0.3 is 12.2 Å². The molecule has 21 heavy (non-hydrogen) atoms. The summed E-state index contributed by atoms with van der Waals surface area (Å²) in [5, 5.41) is 4.34. The Labute approximate surface area is 117 Å². The fraction of sp³-hybridized carbons (Fsp3) is 0.231. The van der Waals surface area contributed by atoms with E-state index in [2.05, 4.69) is 5.32 Å². The van der Waals surface area contributed by atoms with Crippen LogP contribution in [0.2, 0.25) is 0 Å². The quantitative estimate of drug-likeness (QED) is 0.898. The number of hydrogen-bond acceptors (Lipinski definition) is 3. The number of Topliss-reactive ketones (excluding diaryl/α,β-unsaturated/α-hetero) is 1. The number of carbonyl (C=O) groups excluding carboxylic acids is 2. The Morgan fingerprint density at radius 1 is 1.24 bits per heavy atom. The van der Waals surface area contributed by atoms with Crippen molar-refractivity contribution in [2.75, 3.05) is 7.11 Å². The zero-order chi connectivity index (χ0) is 15.6. The highest BCUT2D eigenvalue weighted by Crippen LogP contribution is 2.31. The van der Waals surface area contributed by atoms with Gasteiger partial charge in [0.1, 0.15) is 5.75 Å². The first kappa shape index (κ1) is 14.9. The summed E-state index contributed by atoms with van der Waals surface area (Å²) in [5.41, 5.74) is -0.234. The number of methoxy groups -OCH3 is 1. The summed E-state index contributed by atoms with van der Waals surface area (Å²) < 4.78 is 42.7. The van der Waals surface area contributed by atoms with Crippen LogP contribution in [0.15, 0.2) is 36.0 Å². The van der Waals surface area contributed by atoms with E-state index in [-0.39, 0.29) is 0 Å². The van der Waals surface area contributed by atoms with E-state index >= 15 is 0 Å². The lowest BCUT2D eigenvalue weighted by Crippen LogP contribution is -2.44. The third-order valence-corrected chi connectivity index (χ3v) is 2.91. The zero-order valence-electron chi connectivity index (χ0n) is 10.8. The third kappa shape index (κ3) is 3.15. The van der Waals surface area contributed by atoms with E-state index in [0.29, 0.717) is 11.3 Å². The van der Waals surface area contributed by atoms with Crippen molar-refractivity contribution >= 4 is 11.8 Å². The first-order valence-electron chi connectivity index (χ1n) is 5.85. The molecule has 0 aromatic heterocycles. The maximum absolute atomic E-state index is 12.6. The van der Waals surface area contributed by atoms with Gasteiger partial charge in [-0.05, 0) is 17.7 Å². The number of benzene rings is 1. The molecule has 0 saturated carbocycles. The Kier molecular flexibility index (Phi) is 3.88. The van der Waals surface area contributed by atoms with Crippen LogP contribution in [0, 0.1) is 0 Å². The second kappa shape index (κ2) is 5.47. The standard InChI is InChI=1S/C13H11F3N2O3/c1-21-8-4-2-7(3-5-8)10-9(6-17-12(20)18-10)11(19)13(14,15)16/h2-6,10H,1H3,(H2,17,18,20). The summed E-state index contributed by atoms with van der Waals surface area (Å²) in [5.74, 6) is -1.50. The van der Waals surface area contributed by atoms with Gasteiger partial charge in [0.25, 0.3) is 5.78 Å². The van der Waals surface area contributed by atoms with Gasteiger partial charge in [0, 0.05) is 11.8 Å². The number of urea groups is 1. The van der Waals surface area contributed by atoms with E-state index in [0.717, 1.165) is 6.20 Å². The predicted octanol–water partition coefficient (Wildman–Crippen LogP) is 2.06. The van der Waals surface area contributed by atoms with Crippen molar-refractivity contribution < 1.29 is 27.5 Å². The van der Waals surface area contributed by atoms with Crippen molar-refractivity contribution in [2.24, 2.45) is 0 Å². The molecule has 0 fully saturated rings. The van der Waals surface area contributed by atoms with E-state index in [1.54, 1.807) is 0 Å². The van der Waals surface area contributed by atoms with Gasteiger partial charge in [-0.15, -0.1) is 0 Å². The fourth-order valence-electron chi connectivity index (χ4n) is 1.90. The highest BCUT2D eigenvalue weighted by molar-refractivity contribution is 6.02. The lowest BCUT2D eigenvalue weighted by Gasteiger charge is -2.26. The van der Waals surface area contributed by atoms with Gasteiger partial charge in [-0.1, -0.05) is 12.1 Å². The number of alkyl halides is 3. The molecule has 5 nitrogen and oxygen atoms in total. The summed E-state index contributed by atoms with van der Waals surface area (Å²) in [6, 6.07) is 4.16. The van der Waals surface area contributed by atoms with Gasteiger partial charge in [0.15, 0.2) is 0 Å². The summed E-state index contributed by atoms with van der Waals surface area (Å²) in [4.78, 5) is 22.7. The Morgan fingerprint density at radius 2 is 1.86 bits per heavy atom. The molecule has 1 aliphatic heterocycles. The van der Waals surface area contributed by atoms with E-state index in [4.69, 9.17) is 4.74 Å². The number of halogens is 3. The summed E-state index contributed by atoms with van der Waals surface area (Å²) in [7, 11) is 1.44. The van der Waals surface area contributed by atoms with Gasteiger partial charge in [-0.3, -0.25) is 4.79 Å². The van der Waals surface area contributed by atoms with Crippen LogP contribution in [0.1, 0.15) is 11.6 Å². The van der Waals surface area contributed by atoms with Crippen molar-refractivity contribution in [2.45, 2.75) is 12.2 Å². The van der Waals surface area contributed by atoms with E-state index in [1.165, 1.54) is 31.4 Å². The van der Waals surface area contributed by atoms with Gasteiger partial charge in [-0.25, -0.2) is 4.79 Å². The SMILES string of the molecule is COc1ccc(C2NC(=O)NC=C2C(=O)C(F)(F)F)cc1. The van der Waals surface area contributed by atoms with Gasteiger partial charge in [0.2, 0.25) is 0 Å². The average Bonchev–Trinajstić information content (AvgIpc) is 2.45. The van der Waals surface area contributed by atoms with Gasteiger partial charge in [0.05, 0.1) is 13.2 Å². The first-order valence-corrected chi connectivity index (χ1v) is 5.85. The minimum absolute atomic E-state index is 0.342. The van der Waals surface area contributed by atoms with Gasteiger partial charge < -0.3 is 15.4 Å². The minimum atomic E-state index is -5.01. The molecular weight excluding hydrogens is 289 g/mol. The molecule has 0 bridgehead atoms. The Balaban J connectivity index is 2.37. The molecule has 1 unspecified atom stereocenters. The van der Waals surface area contributed by atoms with Gasteiger partial charge in [-0.2, -0.15) is 13.2 Å². The van der Waals surface area contributed by atoms with Crippen LogP contribution in [0.5, 0.6) is 5.75 Å². The molecule has 2 rings (SSSR count). The fourth-order valence-corrected chi connectivity index (χ4v) is 1.90. The van der Waals surface area contributed by atoms with Crippen molar-refractivity contribution in [1.82, 2.24) is 10.6 Å². The smallest absolute Gasteiger partial charge is 0.454 e. The highest BCUT2D eigenvalue weighted by Gasteiger charge is 2.44. The van der Waals surface area contributed by atoms with E-state index in [1.807, 2.05) is 5.32 Å². The molecule has 0 saturated heterocycles. The van der Waals surface area contributed by atoms with E-state index in [9.17, 15) is 22.8 Å². The number of ketones is 1. The van der Waals surface area contributed by atoms with Crippen molar-refractivity contribution in [3.63, 3.8) is 0 Å². The molecule has 112 valence electrons. The lowest BCUT2D eigenvalue weighted by molar-refractivity contribution is -0.167. The first-order chi connectivity index (χ1) is 9.82. The molecule has 0 radical (unpaired) electrons. The molecule has 1 atom stereocenters. The summed E-state index contributed by atoms with van der Waals surface area (Å²) >= 11 is 0. The highest BCUT2D eigenvalue weighted by atomic mass is 19.4. The largest absolute Gasteiger partial charge is 0.497 e. The summed E-state index contributed by atoms with van der Waals surface area (Å²) in [6.07, 6.45) is -4.23. The third-order valence-electron chi connectivity index (χ3n) is 2.91. The monoisotopic (exact) mass is 300 g/mol. The maximum atomic E-state index is 12.6. The molecular formula is C13H11F3N2O3. The van der Waals surface area contributed by atoms with Crippen LogP contribution in [0.3, 0.4) is 0 Å². The number of carbonyl (C=O) groups is 2. The Hall–Kier alpha value is -2.51. The number of nitrogens with one attached hydrogen (secondary N) is 2. The van der Waals surface area contributed by atoms with Crippen molar-refractivity contribution in [1.29, 1.82) is 0 Å². The molecule has 1 aromatic carbocycles. The lowest BCUT2D eigenvalue weighted by atomic mass is 9.95. The van der Waals surface area contributed by atoms with Crippen LogP contribution in [-0.2, 0) is 4.79 Å². The van der Waals surface area contributed by atoms with Crippen LogP contribution < -0.4 is 15.4 Å². The molecule has 0 spiro atoms. The topological polar surface area (TPSA) is 67.4 Å². The average molecular weight is 300 g/mol. The second-order valence-corrected chi connectivity index (χ2v) is 4.25. The maximum Gasteiger partial charge on any atom is 0.454 e. The Bertz CT molecular complexity index is 594. The van der Waals surface area contributed by atoms with Crippen LogP contribution in [-0.4, -0.2) is 25.1 Å². The number of hydrogen-bond donors (Lipinski definition) is 2. The molecule has 1 aromatic rings. The van der Waals surface area contributed by atoms with Crippen LogP contribution >= 0.6 is 0 Å². The predicted molar refractivity (Wildman–Crippen MR) is 66.5 cm³/mol. The van der Waals surface area contributed by atoms with Crippen molar-refractivity contribution in [3.05, 3.63) is 41.6 Å². The Morgan fingerprint density at radius 3 is 2.38 bits per heavy atom. The number of amides is 2. The number of rotatable bonds is 3. The number of ether oxygens (including phenoxy) is 1. The van der Waals surface area contributed by atoms with E-state index < -0.39 is 29.6 Å². The molecule has 8 heteroatoms. The van der Waals surface area contributed by atoms with Crippen LogP contribution in [0.4, 0.5) is 18.0 Å². The minimum Gasteiger partial charge on any atom is -0.497 e. The summed E-state index contributed by atoms with van der Waals surface area (Å²) in [6.45, 7) is 0. The normalized spacial score (nSPS) is 18.4. The molecule has 2 amide bonds. The molecule has 1 heterocycles. The van der Waals surface area contributed by atoms with Crippen LogP contribution in [0.25, 0.3) is 0 Å².